The van der Waals surface area contributed by atoms with Crippen molar-refractivity contribution in [2.75, 3.05) is 13.7 Å². The SMILES string of the molecule is CCOc1c(Cl)cc(/C=C2/C(=O)N(C(=O)c3ccccc3)N=C2C)cc1OC. The number of hydrazone groups is 1. The van der Waals surface area contributed by atoms with Crippen molar-refractivity contribution in [3.05, 3.63) is 64.2 Å². The molecule has 0 bridgehead atoms. The molecule has 28 heavy (non-hydrogen) atoms. The van der Waals surface area contributed by atoms with Gasteiger partial charge in [0.2, 0.25) is 0 Å². The lowest BCUT2D eigenvalue weighted by Gasteiger charge is -2.12. The highest BCUT2D eigenvalue weighted by Crippen LogP contribution is 2.37. The number of rotatable bonds is 5. The predicted octanol–water partition coefficient (Wildman–Crippen LogP) is 4.19. The second-order valence-corrected chi connectivity index (χ2v) is 6.41. The topological polar surface area (TPSA) is 68.2 Å². The molecule has 0 unspecified atom stereocenters. The van der Waals surface area contributed by atoms with E-state index in [-0.39, 0.29) is 0 Å². The maximum absolute atomic E-state index is 12.8. The standard InChI is InChI=1S/C21H19ClN2O4/c1-4-28-19-17(22)11-14(12-18(19)27-3)10-16-13(2)23-24(21(16)26)20(25)15-8-6-5-7-9-15/h5-12H,4H2,1-3H3/b16-10+. The minimum absolute atomic E-state index is 0.312. The Balaban J connectivity index is 1.93. The number of carbonyl (C=O) groups excluding carboxylic acids is 2. The maximum Gasteiger partial charge on any atom is 0.283 e. The molecule has 0 N–H and O–H groups in total. The summed E-state index contributed by atoms with van der Waals surface area (Å²) in [6.45, 7) is 3.97. The molecular weight excluding hydrogens is 380 g/mol. The van der Waals surface area contributed by atoms with E-state index in [9.17, 15) is 9.59 Å². The lowest BCUT2D eigenvalue weighted by molar-refractivity contribution is -0.123. The molecular formula is C21H19ClN2O4. The first-order chi connectivity index (χ1) is 13.5. The molecule has 2 aromatic carbocycles. The third-order valence-corrected chi connectivity index (χ3v) is 4.41. The molecule has 0 aliphatic carbocycles. The van der Waals surface area contributed by atoms with Gasteiger partial charge in [-0.15, -0.1) is 0 Å². The average molecular weight is 399 g/mol. The molecule has 0 aromatic heterocycles. The quantitative estimate of drug-likeness (QED) is 0.559. The van der Waals surface area contributed by atoms with Crippen molar-refractivity contribution in [3.8, 4) is 11.5 Å². The fourth-order valence-electron chi connectivity index (χ4n) is 2.80. The first kappa shape index (κ1) is 19.6. The van der Waals surface area contributed by atoms with Crippen LogP contribution in [0, 0.1) is 0 Å². The zero-order valence-electron chi connectivity index (χ0n) is 15.7. The fraction of sp³-hybridized carbons (Fsp3) is 0.190. The summed E-state index contributed by atoms with van der Waals surface area (Å²) in [4.78, 5) is 25.4. The van der Waals surface area contributed by atoms with E-state index < -0.39 is 11.8 Å². The summed E-state index contributed by atoms with van der Waals surface area (Å²) in [5.74, 6) is -0.0673. The zero-order valence-corrected chi connectivity index (χ0v) is 16.5. The van der Waals surface area contributed by atoms with Crippen LogP contribution in [0.3, 0.4) is 0 Å². The Hall–Kier alpha value is -3.12. The van der Waals surface area contributed by atoms with E-state index in [1.54, 1.807) is 55.5 Å². The number of benzene rings is 2. The minimum Gasteiger partial charge on any atom is -0.493 e. The first-order valence-electron chi connectivity index (χ1n) is 8.67. The van der Waals surface area contributed by atoms with Crippen LogP contribution in [0.2, 0.25) is 5.02 Å². The number of ether oxygens (including phenoxy) is 2. The molecule has 0 fully saturated rings. The molecule has 3 rings (SSSR count). The normalized spacial score (nSPS) is 15.0. The van der Waals surface area contributed by atoms with Crippen molar-refractivity contribution < 1.29 is 19.1 Å². The van der Waals surface area contributed by atoms with Crippen LogP contribution in [0.5, 0.6) is 11.5 Å². The van der Waals surface area contributed by atoms with Gasteiger partial charge in [-0.3, -0.25) is 9.59 Å². The number of methoxy groups -OCH3 is 1. The molecule has 2 aromatic rings. The third kappa shape index (κ3) is 3.77. The first-order valence-corrected chi connectivity index (χ1v) is 9.05. The van der Waals surface area contributed by atoms with E-state index in [1.807, 2.05) is 6.92 Å². The molecule has 0 atom stereocenters. The van der Waals surface area contributed by atoms with E-state index >= 15 is 0 Å². The molecule has 1 aliphatic heterocycles. The maximum atomic E-state index is 12.8. The van der Waals surface area contributed by atoms with Gasteiger partial charge in [-0.1, -0.05) is 29.8 Å². The number of hydrogen-bond donors (Lipinski definition) is 0. The number of carbonyl (C=O) groups is 2. The van der Waals surface area contributed by atoms with Crippen molar-refractivity contribution in [2.45, 2.75) is 13.8 Å². The average Bonchev–Trinajstić information content (AvgIpc) is 2.98. The number of amides is 2. The van der Waals surface area contributed by atoms with Crippen LogP contribution in [0.25, 0.3) is 6.08 Å². The van der Waals surface area contributed by atoms with E-state index in [1.165, 1.54) is 7.11 Å². The highest BCUT2D eigenvalue weighted by molar-refractivity contribution is 6.33. The second-order valence-electron chi connectivity index (χ2n) is 6.00. The van der Waals surface area contributed by atoms with Gasteiger partial charge in [0.25, 0.3) is 11.8 Å². The zero-order chi connectivity index (χ0) is 20.3. The van der Waals surface area contributed by atoms with Crippen molar-refractivity contribution in [3.63, 3.8) is 0 Å². The molecule has 1 heterocycles. The summed E-state index contributed by atoms with van der Waals surface area (Å²) in [5.41, 5.74) is 1.78. The summed E-state index contributed by atoms with van der Waals surface area (Å²) >= 11 is 6.30. The van der Waals surface area contributed by atoms with Crippen molar-refractivity contribution in [1.29, 1.82) is 0 Å². The van der Waals surface area contributed by atoms with Crippen molar-refractivity contribution in [1.82, 2.24) is 5.01 Å². The Kier molecular flexibility index (Phi) is 5.80. The smallest absolute Gasteiger partial charge is 0.283 e. The summed E-state index contributed by atoms with van der Waals surface area (Å²) in [6.07, 6.45) is 1.63. The Labute approximate surface area is 168 Å². The van der Waals surface area contributed by atoms with Gasteiger partial charge in [0, 0.05) is 5.56 Å². The molecule has 144 valence electrons. The molecule has 1 aliphatic rings. The fourth-order valence-corrected chi connectivity index (χ4v) is 3.07. The monoisotopic (exact) mass is 398 g/mol. The second kappa shape index (κ2) is 8.27. The lowest BCUT2D eigenvalue weighted by Crippen LogP contribution is -2.29. The van der Waals surface area contributed by atoms with Crippen LogP contribution in [0.1, 0.15) is 29.8 Å². The Morgan fingerprint density at radius 3 is 2.61 bits per heavy atom. The molecule has 2 amide bonds. The number of halogens is 1. The van der Waals surface area contributed by atoms with Gasteiger partial charge in [-0.2, -0.15) is 10.1 Å². The molecule has 0 spiro atoms. The molecule has 6 nitrogen and oxygen atoms in total. The van der Waals surface area contributed by atoms with Crippen LogP contribution in [0.4, 0.5) is 0 Å². The van der Waals surface area contributed by atoms with Gasteiger partial charge in [0.05, 0.1) is 30.0 Å². The molecule has 0 saturated heterocycles. The van der Waals surface area contributed by atoms with Gasteiger partial charge < -0.3 is 9.47 Å². The van der Waals surface area contributed by atoms with E-state index in [0.29, 0.717) is 45.5 Å². The number of nitrogens with zero attached hydrogens (tertiary/aromatic N) is 2. The van der Waals surface area contributed by atoms with Gasteiger partial charge in [0.1, 0.15) is 0 Å². The molecule has 7 heteroatoms. The minimum atomic E-state index is -0.490. The summed E-state index contributed by atoms with van der Waals surface area (Å²) in [5, 5.41) is 5.37. The van der Waals surface area contributed by atoms with Crippen LogP contribution in [-0.4, -0.2) is 36.3 Å². The van der Waals surface area contributed by atoms with Gasteiger partial charge in [-0.05, 0) is 49.8 Å². The summed E-state index contributed by atoms with van der Waals surface area (Å²) < 4.78 is 10.8. The van der Waals surface area contributed by atoms with Crippen LogP contribution in [-0.2, 0) is 4.79 Å². The highest BCUT2D eigenvalue weighted by Gasteiger charge is 2.33. The summed E-state index contributed by atoms with van der Waals surface area (Å²) in [7, 11) is 1.51. The van der Waals surface area contributed by atoms with Gasteiger partial charge in [0.15, 0.2) is 11.5 Å². The molecule has 0 saturated carbocycles. The molecule has 0 radical (unpaired) electrons. The van der Waals surface area contributed by atoms with Gasteiger partial charge >= 0.3 is 0 Å². The van der Waals surface area contributed by atoms with E-state index in [4.69, 9.17) is 21.1 Å². The van der Waals surface area contributed by atoms with Crippen LogP contribution >= 0.6 is 11.6 Å². The van der Waals surface area contributed by atoms with E-state index in [0.717, 1.165) is 5.01 Å². The highest BCUT2D eigenvalue weighted by atomic mass is 35.5. The van der Waals surface area contributed by atoms with Gasteiger partial charge in [-0.25, -0.2) is 0 Å². The lowest BCUT2D eigenvalue weighted by atomic mass is 10.1. The van der Waals surface area contributed by atoms with Crippen molar-refractivity contribution >= 4 is 35.2 Å². The van der Waals surface area contributed by atoms with Crippen LogP contribution < -0.4 is 9.47 Å². The summed E-state index contributed by atoms with van der Waals surface area (Å²) in [6, 6.07) is 11.9. The number of imide groups is 1. The third-order valence-electron chi connectivity index (χ3n) is 4.13. The largest absolute Gasteiger partial charge is 0.493 e. The Bertz CT molecular complexity index is 983. The predicted molar refractivity (Wildman–Crippen MR) is 108 cm³/mol. The Morgan fingerprint density at radius 2 is 1.96 bits per heavy atom. The van der Waals surface area contributed by atoms with Crippen LogP contribution in [0.15, 0.2) is 53.1 Å². The van der Waals surface area contributed by atoms with E-state index in [2.05, 4.69) is 5.10 Å². The number of hydrogen-bond acceptors (Lipinski definition) is 5. The van der Waals surface area contributed by atoms with Crippen molar-refractivity contribution in [2.24, 2.45) is 5.10 Å². The Morgan fingerprint density at radius 1 is 1.25 bits per heavy atom.